The Morgan fingerprint density at radius 1 is 0.829 bits per heavy atom. The number of anilines is 4. The van der Waals surface area contributed by atoms with E-state index in [1.165, 1.54) is 51.2 Å². The van der Waals surface area contributed by atoms with Crippen molar-refractivity contribution in [2.45, 2.75) is 43.9 Å². The van der Waals surface area contributed by atoms with Gasteiger partial charge in [0.15, 0.2) is 0 Å². The minimum absolute atomic E-state index is 0.352. The van der Waals surface area contributed by atoms with E-state index < -0.39 is 0 Å². The molecule has 3 aromatic rings. The van der Waals surface area contributed by atoms with E-state index in [1.54, 1.807) is 6.07 Å². The van der Waals surface area contributed by atoms with Gasteiger partial charge in [-0.25, -0.2) is 4.79 Å². The lowest BCUT2D eigenvalue weighted by atomic mass is 9.48. The summed E-state index contributed by atoms with van der Waals surface area (Å²) >= 11 is 6.80. The van der Waals surface area contributed by atoms with Gasteiger partial charge in [0, 0.05) is 11.4 Å². The van der Waals surface area contributed by atoms with Crippen molar-refractivity contribution >= 4 is 40.3 Å². The highest BCUT2D eigenvalue weighted by Gasteiger charge is 2.51. The zero-order chi connectivity index (χ0) is 24.0. The molecular formula is C30H31ClN2O2. The van der Waals surface area contributed by atoms with Crippen molar-refractivity contribution in [3.8, 4) is 0 Å². The van der Waals surface area contributed by atoms with Gasteiger partial charge in [-0.05, 0) is 116 Å². The van der Waals surface area contributed by atoms with Gasteiger partial charge in [-0.3, -0.25) is 0 Å². The van der Waals surface area contributed by atoms with Crippen LogP contribution in [0.15, 0.2) is 66.7 Å². The van der Waals surface area contributed by atoms with Gasteiger partial charge in [0.05, 0.1) is 29.1 Å². The van der Waals surface area contributed by atoms with E-state index in [-0.39, 0.29) is 5.97 Å². The number of hydrogen-bond acceptors (Lipinski definition) is 4. The molecule has 4 bridgehead atoms. The van der Waals surface area contributed by atoms with Crippen LogP contribution in [0.4, 0.5) is 22.7 Å². The Kier molecular flexibility index (Phi) is 5.72. The maximum Gasteiger partial charge on any atom is 0.339 e. The van der Waals surface area contributed by atoms with Crippen molar-refractivity contribution in [1.29, 1.82) is 0 Å². The Hall–Kier alpha value is -2.98. The van der Waals surface area contributed by atoms with Gasteiger partial charge in [-0.1, -0.05) is 29.8 Å². The number of methoxy groups -OCH3 is 1. The molecule has 5 heteroatoms. The Bertz CT molecular complexity index is 1220. The summed E-state index contributed by atoms with van der Waals surface area (Å²) in [5.74, 6) is 2.40. The second kappa shape index (κ2) is 8.91. The van der Waals surface area contributed by atoms with E-state index in [9.17, 15) is 4.79 Å². The number of carbonyl (C=O) groups excluding carboxylic acids is 1. The van der Waals surface area contributed by atoms with Crippen molar-refractivity contribution < 1.29 is 9.53 Å². The molecule has 4 nitrogen and oxygen atoms in total. The summed E-state index contributed by atoms with van der Waals surface area (Å²) in [7, 11) is 1.39. The topological polar surface area (TPSA) is 50.4 Å². The number of para-hydroxylation sites is 1. The van der Waals surface area contributed by atoms with Crippen molar-refractivity contribution in [3.63, 3.8) is 0 Å². The van der Waals surface area contributed by atoms with Gasteiger partial charge in [0.2, 0.25) is 0 Å². The number of rotatable bonds is 6. The molecule has 0 unspecified atom stereocenters. The minimum Gasteiger partial charge on any atom is -0.465 e. The average molecular weight is 487 g/mol. The summed E-state index contributed by atoms with van der Waals surface area (Å²) in [6, 6.07) is 22.0. The molecule has 3 aromatic carbocycles. The molecule has 35 heavy (non-hydrogen) atoms. The molecule has 0 heterocycles. The van der Waals surface area contributed by atoms with E-state index >= 15 is 0 Å². The van der Waals surface area contributed by atoms with Crippen LogP contribution in [0.2, 0.25) is 5.02 Å². The average Bonchev–Trinajstić information content (AvgIpc) is 2.85. The molecule has 0 spiro atoms. The molecule has 4 aliphatic carbocycles. The third kappa shape index (κ3) is 4.29. The SMILES string of the molecule is COC(=O)c1ccccc1Nc1ccc(Nc2ccc(C34CC5CC(CC(C5)C3)C4)cc2Cl)cc1. The van der Waals surface area contributed by atoms with Crippen molar-refractivity contribution in [1.82, 2.24) is 0 Å². The summed E-state index contributed by atoms with van der Waals surface area (Å²) in [6.07, 6.45) is 8.38. The zero-order valence-corrected chi connectivity index (χ0v) is 20.8. The van der Waals surface area contributed by atoms with Crippen LogP contribution in [0.5, 0.6) is 0 Å². The molecule has 7 rings (SSSR count). The number of esters is 1. The number of nitrogens with one attached hydrogen (secondary N) is 2. The maximum atomic E-state index is 12.0. The predicted octanol–water partition coefficient (Wildman–Crippen LogP) is 8.08. The van der Waals surface area contributed by atoms with Crippen LogP contribution in [0.25, 0.3) is 0 Å². The van der Waals surface area contributed by atoms with Crippen LogP contribution < -0.4 is 10.6 Å². The third-order valence-electron chi connectivity index (χ3n) is 8.39. The van der Waals surface area contributed by atoms with E-state index in [4.69, 9.17) is 16.3 Å². The van der Waals surface area contributed by atoms with Gasteiger partial charge in [-0.15, -0.1) is 0 Å². The Morgan fingerprint density at radius 3 is 1.97 bits per heavy atom. The van der Waals surface area contributed by atoms with E-state index in [0.29, 0.717) is 16.7 Å². The van der Waals surface area contributed by atoms with Gasteiger partial charge < -0.3 is 15.4 Å². The lowest BCUT2D eigenvalue weighted by molar-refractivity contribution is -0.00517. The van der Waals surface area contributed by atoms with Crippen LogP contribution in [0, 0.1) is 17.8 Å². The third-order valence-corrected chi connectivity index (χ3v) is 8.71. The second-order valence-electron chi connectivity index (χ2n) is 10.8. The fraction of sp³-hybridized carbons (Fsp3) is 0.367. The van der Waals surface area contributed by atoms with Crippen molar-refractivity contribution in [2.75, 3.05) is 17.7 Å². The van der Waals surface area contributed by atoms with Gasteiger partial charge in [0.1, 0.15) is 0 Å². The first-order chi connectivity index (χ1) is 17.0. The summed E-state index contributed by atoms with van der Waals surface area (Å²) in [4.78, 5) is 12.0. The Balaban J connectivity index is 1.16. The highest BCUT2D eigenvalue weighted by molar-refractivity contribution is 6.33. The van der Waals surface area contributed by atoms with E-state index in [0.717, 1.165) is 39.8 Å². The molecule has 0 atom stereocenters. The minimum atomic E-state index is -0.363. The van der Waals surface area contributed by atoms with Gasteiger partial charge in [0.25, 0.3) is 0 Å². The van der Waals surface area contributed by atoms with E-state index in [1.807, 2.05) is 42.5 Å². The summed E-state index contributed by atoms with van der Waals surface area (Å²) < 4.78 is 4.89. The molecule has 2 N–H and O–H groups in total. The number of ether oxygens (including phenoxy) is 1. The lowest BCUT2D eigenvalue weighted by Crippen LogP contribution is -2.48. The Labute approximate surface area is 212 Å². The fourth-order valence-electron chi connectivity index (χ4n) is 7.24. The molecule has 0 amide bonds. The predicted molar refractivity (Wildman–Crippen MR) is 142 cm³/mol. The smallest absolute Gasteiger partial charge is 0.339 e. The number of benzene rings is 3. The summed E-state index contributed by atoms with van der Waals surface area (Å²) in [5, 5.41) is 7.56. The largest absolute Gasteiger partial charge is 0.465 e. The second-order valence-corrected chi connectivity index (χ2v) is 11.2. The molecule has 0 aliphatic heterocycles. The van der Waals surface area contributed by atoms with Crippen LogP contribution in [0.3, 0.4) is 0 Å². The molecule has 0 aromatic heterocycles. The first-order valence-electron chi connectivity index (χ1n) is 12.6. The lowest BCUT2D eigenvalue weighted by Gasteiger charge is -2.57. The van der Waals surface area contributed by atoms with Gasteiger partial charge >= 0.3 is 5.97 Å². The molecular weight excluding hydrogens is 456 g/mol. The number of carbonyl (C=O) groups is 1. The molecule has 180 valence electrons. The molecule has 4 saturated carbocycles. The van der Waals surface area contributed by atoms with Crippen LogP contribution in [-0.2, 0) is 10.2 Å². The first kappa shape index (κ1) is 22.5. The number of halogens is 1. The van der Waals surface area contributed by atoms with Crippen molar-refractivity contribution in [3.05, 3.63) is 82.9 Å². The summed E-state index contributed by atoms with van der Waals surface area (Å²) in [5.41, 5.74) is 5.78. The standard InChI is InChI=1S/C30H31ClN2O2/c1-35-29(34)25-4-2-3-5-27(25)32-23-7-9-24(10-8-23)33-28-11-6-22(15-26(28)31)30-16-19-12-20(17-30)14-21(13-19)18-30/h2-11,15,19-21,32-33H,12-14,16-18H2,1H3. The molecule has 0 radical (unpaired) electrons. The first-order valence-corrected chi connectivity index (χ1v) is 13.0. The van der Waals surface area contributed by atoms with Crippen LogP contribution >= 0.6 is 11.6 Å². The normalized spacial score (nSPS) is 26.4. The molecule has 0 saturated heterocycles. The quantitative estimate of drug-likeness (QED) is 0.346. The van der Waals surface area contributed by atoms with Gasteiger partial charge in [-0.2, -0.15) is 0 Å². The fourth-order valence-corrected chi connectivity index (χ4v) is 7.47. The van der Waals surface area contributed by atoms with Crippen molar-refractivity contribution in [2.24, 2.45) is 17.8 Å². The summed E-state index contributed by atoms with van der Waals surface area (Å²) in [6.45, 7) is 0. The van der Waals surface area contributed by atoms with E-state index in [2.05, 4.69) is 28.8 Å². The Morgan fingerprint density at radius 2 is 1.40 bits per heavy atom. The maximum absolute atomic E-state index is 12.0. The zero-order valence-electron chi connectivity index (χ0n) is 20.0. The monoisotopic (exact) mass is 486 g/mol. The molecule has 4 aliphatic rings. The highest BCUT2D eigenvalue weighted by Crippen LogP contribution is 2.61. The van der Waals surface area contributed by atoms with Crippen LogP contribution in [-0.4, -0.2) is 13.1 Å². The number of hydrogen-bond donors (Lipinski definition) is 2. The highest BCUT2D eigenvalue weighted by atomic mass is 35.5. The molecule has 4 fully saturated rings. The van der Waals surface area contributed by atoms with Crippen LogP contribution in [0.1, 0.15) is 54.4 Å².